The topological polar surface area (TPSA) is 46.0 Å². The van der Waals surface area contributed by atoms with E-state index in [0.29, 0.717) is 6.54 Å². The molecule has 0 spiro atoms. The Hall–Kier alpha value is -2.05. The van der Waals surface area contributed by atoms with Crippen molar-refractivity contribution in [3.63, 3.8) is 0 Å². The molecule has 1 aliphatic rings. The zero-order valence-corrected chi connectivity index (χ0v) is 15.5. The minimum atomic E-state index is 0.157. The minimum absolute atomic E-state index is 0.157. The van der Waals surface area contributed by atoms with Gasteiger partial charge in [-0.2, -0.15) is 0 Å². The minimum Gasteiger partial charge on any atom is -0.497 e. The number of carbonyl (C=O) groups is 1. The van der Waals surface area contributed by atoms with Crippen LogP contribution in [0.5, 0.6) is 5.75 Å². The number of nitrogens with one attached hydrogen (secondary N) is 2. The molecule has 1 aromatic carbocycles. The molecule has 1 fully saturated rings. The summed E-state index contributed by atoms with van der Waals surface area (Å²) in [5, 5.41) is 5.12. The smallest absolute Gasteiger partial charge is 0.275 e. The molecule has 134 valence electrons. The van der Waals surface area contributed by atoms with Gasteiger partial charge in [-0.1, -0.05) is 6.07 Å². The Labute approximate surface area is 153 Å². The molecule has 1 amide bonds. The molecule has 5 nitrogen and oxygen atoms in total. The van der Waals surface area contributed by atoms with E-state index in [0.717, 1.165) is 44.9 Å². The number of hydrogen-bond acceptors (Lipinski definition) is 4. The maximum Gasteiger partial charge on any atom is 0.275 e. The van der Waals surface area contributed by atoms with Crippen molar-refractivity contribution in [3.05, 3.63) is 46.7 Å². The molecule has 0 bridgehead atoms. The van der Waals surface area contributed by atoms with Crippen LogP contribution in [0.4, 0.5) is 5.69 Å². The zero-order valence-electron chi connectivity index (χ0n) is 14.7. The summed E-state index contributed by atoms with van der Waals surface area (Å²) < 4.78 is 5.21. The number of nitrogens with zero attached hydrogens (tertiary/aromatic N) is 1. The first-order chi connectivity index (χ1) is 12.2. The average molecular weight is 361 g/mol. The van der Waals surface area contributed by atoms with Gasteiger partial charge in [-0.05, 0) is 42.1 Å². The molecule has 0 radical (unpaired) electrons. The lowest BCUT2D eigenvalue weighted by molar-refractivity contribution is -0.892. The van der Waals surface area contributed by atoms with E-state index in [9.17, 15) is 4.79 Å². The summed E-state index contributed by atoms with van der Waals surface area (Å²) in [6, 6.07) is 12.3. The summed E-state index contributed by atoms with van der Waals surface area (Å²) in [4.78, 5) is 17.2. The lowest BCUT2D eigenvalue weighted by atomic mass is 10.2. The number of benzene rings is 1. The number of amides is 1. The highest BCUT2D eigenvalue weighted by molar-refractivity contribution is 7.09. The number of anilines is 1. The van der Waals surface area contributed by atoms with E-state index in [2.05, 4.69) is 33.8 Å². The fourth-order valence-corrected chi connectivity index (χ4v) is 3.83. The second kappa shape index (κ2) is 8.87. The van der Waals surface area contributed by atoms with Gasteiger partial charge in [-0.15, -0.1) is 11.3 Å². The van der Waals surface area contributed by atoms with Crippen molar-refractivity contribution in [2.75, 3.05) is 51.3 Å². The SMILES string of the molecule is COc1ccc(N2CC[NH+](CC(=O)NCCc3cccs3)CC2)cc1. The molecule has 1 aliphatic heterocycles. The Balaban J connectivity index is 1.37. The number of methoxy groups -OCH3 is 1. The van der Waals surface area contributed by atoms with E-state index in [1.54, 1.807) is 18.4 Å². The second-order valence-corrected chi connectivity index (χ2v) is 7.32. The summed E-state index contributed by atoms with van der Waals surface area (Å²) in [6.07, 6.45) is 0.921. The van der Waals surface area contributed by atoms with Crippen molar-refractivity contribution in [3.8, 4) is 5.75 Å². The van der Waals surface area contributed by atoms with Crippen LogP contribution in [0.25, 0.3) is 0 Å². The van der Waals surface area contributed by atoms with Gasteiger partial charge in [0.25, 0.3) is 5.91 Å². The molecular weight excluding hydrogens is 334 g/mol. The molecule has 2 aromatic rings. The number of carbonyl (C=O) groups excluding carboxylic acids is 1. The van der Waals surface area contributed by atoms with Crippen LogP contribution in [0, 0.1) is 0 Å². The number of quaternary nitrogens is 1. The van der Waals surface area contributed by atoms with Gasteiger partial charge in [0.15, 0.2) is 6.54 Å². The highest BCUT2D eigenvalue weighted by Gasteiger charge is 2.22. The molecule has 1 aromatic heterocycles. The summed E-state index contributed by atoms with van der Waals surface area (Å²) in [7, 11) is 1.68. The third kappa shape index (κ3) is 5.21. The van der Waals surface area contributed by atoms with Crippen molar-refractivity contribution in [1.29, 1.82) is 0 Å². The van der Waals surface area contributed by atoms with Crippen molar-refractivity contribution in [2.24, 2.45) is 0 Å². The van der Waals surface area contributed by atoms with Crippen LogP contribution in [0.2, 0.25) is 0 Å². The van der Waals surface area contributed by atoms with Gasteiger partial charge >= 0.3 is 0 Å². The molecule has 25 heavy (non-hydrogen) atoms. The van der Waals surface area contributed by atoms with E-state index in [4.69, 9.17) is 4.74 Å². The summed E-state index contributed by atoms with van der Waals surface area (Å²) in [6.45, 7) is 5.23. The number of ether oxygens (including phenoxy) is 1. The lowest BCUT2D eigenvalue weighted by Crippen LogP contribution is -3.16. The summed E-state index contributed by atoms with van der Waals surface area (Å²) in [5.41, 5.74) is 1.22. The molecule has 1 saturated heterocycles. The Morgan fingerprint density at radius 2 is 2.00 bits per heavy atom. The first kappa shape index (κ1) is 17.8. The maximum absolute atomic E-state index is 12.1. The molecular formula is C19H26N3O2S+. The van der Waals surface area contributed by atoms with Crippen LogP contribution in [0.1, 0.15) is 4.88 Å². The Kier molecular flexibility index (Phi) is 6.30. The average Bonchev–Trinajstić information content (AvgIpc) is 3.16. The first-order valence-corrected chi connectivity index (χ1v) is 9.64. The van der Waals surface area contributed by atoms with Gasteiger partial charge in [-0.3, -0.25) is 4.79 Å². The Bertz CT molecular complexity index is 650. The fraction of sp³-hybridized carbons (Fsp3) is 0.421. The van der Waals surface area contributed by atoms with Crippen LogP contribution in [-0.4, -0.2) is 52.3 Å². The van der Waals surface area contributed by atoms with E-state index >= 15 is 0 Å². The van der Waals surface area contributed by atoms with E-state index in [-0.39, 0.29) is 5.91 Å². The molecule has 2 heterocycles. The molecule has 6 heteroatoms. The van der Waals surface area contributed by atoms with Crippen LogP contribution in [-0.2, 0) is 11.2 Å². The Morgan fingerprint density at radius 1 is 1.24 bits per heavy atom. The Morgan fingerprint density at radius 3 is 2.64 bits per heavy atom. The standard InChI is InChI=1S/C19H25N3O2S/c1-24-17-6-4-16(5-7-17)22-12-10-21(11-13-22)15-19(23)20-9-8-18-3-2-14-25-18/h2-7,14H,8-13,15H2,1H3,(H,20,23)/p+1. The third-order valence-corrected chi connectivity index (χ3v) is 5.53. The first-order valence-electron chi connectivity index (χ1n) is 8.76. The predicted octanol–water partition coefficient (Wildman–Crippen LogP) is 0.821. The highest BCUT2D eigenvalue weighted by atomic mass is 32.1. The quantitative estimate of drug-likeness (QED) is 0.769. The van der Waals surface area contributed by atoms with E-state index < -0.39 is 0 Å². The maximum atomic E-state index is 12.1. The van der Waals surface area contributed by atoms with E-state index in [1.165, 1.54) is 15.5 Å². The monoisotopic (exact) mass is 360 g/mol. The van der Waals surface area contributed by atoms with Crippen LogP contribution in [0.15, 0.2) is 41.8 Å². The molecule has 2 N–H and O–H groups in total. The van der Waals surface area contributed by atoms with Crippen LogP contribution in [0.3, 0.4) is 0 Å². The molecule has 0 atom stereocenters. The number of thiophene rings is 1. The molecule has 0 aliphatic carbocycles. The van der Waals surface area contributed by atoms with Gasteiger partial charge in [0.1, 0.15) is 5.75 Å². The van der Waals surface area contributed by atoms with Gasteiger partial charge in [0.05, 0.1) is 33.3 Å². The van der Waals surface area contributed by atoms with Gasteiger partial charge in [0.2, 0.25) is 0 Å². The number of hydrogen-bond donors (Lipinski definition) is 2. The zero-order chi connectivity index (χ0) is 17.5. The van der Waals surface area contributed by atoms with Crippen molar-refractivity contribution >= 4 is 22.9 Å². The number of rotatable bonds is 7. The van der Waals surface area contributed by atoms with Gasteiger partial charge in [0, 0.05) is 17.1 Å². The van der Waals surface area contributed by atoms with Crippen molar-refractivity contribution in [2.45, 2.75) is 6.42 Å². The molecule has 0 unspecified atom stereocenters. The molecule has 0 saturated carbocycles. The largest absolute Gasteiger partial charge is 0.497 e. The predicted molar refractivity (Wildman–Crippen MR) is 102 cm³/mol. The van der Waals surface area contributed by atoms with Crippen LogP contribution >= 0.6 is 11.3 Å². The van der Waals surface area contributed by atoms with Gasteiger partial charge in [-0.25, -0.2) is 0 Å². The normalized spacial score (nSPS) is 15.2. The van der Waals surface area contributed by atoms with Gasteiger partial charge < -0.3 is 19.9 Å². The fourth-order valence-electron chi connectivity index (χ4n) is 3.12. The molecule has 3 rings (SSSR count). The summed E-state index contributed by atoms with van der Waals surface area (Å²) in [5.74, 6) is 1.04. The number of piperazine rings is 1. The second-order valence-electron chi connectivity index (χ2n) is 6.29. The van der Waals surface area contributed by atoms with Crippen molar-refractivity contribution < 1.29 is 14.4 Å². The highest BCUT2D eigenvalue weighted by Crippen LogP contribution is 2.18. The van der Waals surface area contributed by atoms with Crippen molar-refractivity contribution in [1.82, 2.24) is 5.32 Å². The van der Waals surface area contributed by atoms with E-state index in [1.807, 2.05) is 18.2 Å². The third-order valence-electron chi connectivity index (χ3n) is 4.59. The van der Waals surface area contributed by atoms with Crippen LogP contribution < -0.4 is 19.9 Å². The summed E-state index contributed by atoms with van der Waals surface area (Å²) >= 11 is 1.74. The lowest BCUT2D eigenvalue weighted by Gasteiger charge is -2.33.